The maximum atomic E-state index is 12.9. The zero-order chi connectivity index (χ0) is 21.8. The maximum absolute atomic E-state index is 12.9. The first kappa shape index (κ1) is 24.6. The molecule has 170 valence electrons. The first-order chi connectivity index (χ1) is 14.6. The molecule has 1 saturated heterocycles. The first-order valence-corrected chi connectivity index (χ1v) is 11.5. The Morgan fingerprint density at radius 2 is 2.00 bits per heavy atom. The lowest BCUT2D eigenvalue weighted by Gasteiger charge is -2.40. The third-order valence-corrected chi connectivity index (χ3v) is 5.82. The summed E-state index contributed by atoms with van der Waals surface area (Å²) in [6, 6.07) is 10.9. The van der Waals surface area contributed by atoms with Crippen LogP contribution in [0.1, 0.15) is 51.0 Å². The van der Waals surface area contributed by atoms with Crippen LogP contribution in [0.15, 0.2) is 30.3 Å². The molecule has 6 heteroatoms. The van der Waals surface area contributed by atoms with Crippen LogP contribution < -0.4 is 0 Å². The summed E-state index contributed by atoms with van der Waals surface area (Å²) in [6.45, 7) is 5.35. The SMILES string of the molecule is CCCC[C@H](CCc1ccccc1)N(C(=O)OC)N1CCC[C@H]1COCCN(C)C. The van der Waals surface area contributed by atoms with E-state index in [1.807, 2.05) is 11.1 Å². The summed E-state index contributed by atoms with van der Waals surface area (Å²) in [7, 11) is 5.59. The molecule has 1 aliphatic heterocycles. The van der Waals surface area contributed by atoms with Gasteiger partial charge in [0, 0.05) is 13.1 Å². The molecule has 1 aromatic carbocycles. The molecule has 6 nitrogen and oxygen atoms in total. The summed E-state index contributed by atoms with van der Waals surface area (Å²) >= 11 is 0. The van der Waals surface area contributed by atoms with Gasteiger partial charge in [-0.25, -0.2) is 14.8 Å². The summed E-state index contributed by atoms with van der Waals surface area (Å²) in [5, 5.41) is 4.15. The molecular formula is C24H41N3O3. The summed E-state index contributed by atoms with van der Waals surface area (Å²) in [4.78, 5) is 15.0. The second-order valence-electron chi connectivity index (χ2n) is 8.47. The monoisotopic (exact) mass is 419 g/mol. The third kappa shape index (κ3) is 7.89. The molecule has 0 bridgehead atoms. The molecule has 1 heterocycles. The standard InChI is InChI=1S/C24H41N3O3/c1-5-6-13-22(16-15-21-11-8-7-9-12-21)27(24(28)29-4)26-17-10-14-23(26)20-30-19-18-25(2)3/h7-9,11-12,22-23H,5-6,10,13-20H2,1-4H3/t22-,23+/m1/s1. The van der Waals surface area contributed by atoms with Gasteiger partial charge in [0.05, 0.1) is 32.4 Å². The van der Waals surface area contributed by atoms with Gasteiger partial charge in [-0.2, -0.15) is 0 Å². The molecule has 0 unspecified atom stereocenters. The lowest BCUT2D eigenvalue weighted by atomic mass is 10.0. The average Bonchev–Trinajstić information content (AvgIpc) is 3.21. The Morgan fingerprint density at radius 3 is 2.67 bits per heavy atom. The minimum absolute atomic E-state index is 0.139. The summed E-state index contributed by atoms with van der Waals surface area (Å²) in [6.07, 6.45) is 6.99. The Balaban J connectivity index is 2.08. The Hall–Kier alpha value is -1.63. The zero-order valence-corrected chi connectivity index (χ0v) is 19.4. The van der Waals surface area contributed by atoms with Crippen LogP contribution in [-0.2, 0) is 15.9 Å². The Labute approximate surface area is 183 Å². The molecule has 1 fully saturated rings. The minimum Gasteiger partial charge on any atom is -0.452 e. The predicted octanol–water partition coefficient (Wildman–Crippen LogP) is 4.20. The van der Waals surface area contributed by atoms with Crippen LogP contribution in [0.2, 0.25) is 0 Å². The fourth-order valence-electron chi connectivity index (χ4n) is 4.10. The van der Waals surface area contributed by atoms with Crippen molar-refractivity contribution in [3.63, 3.8) is 0 Å². The van der Waals surface area contributed by atoms with Crippen LogP contribution in [0.4, 0.5) is 4.79 Å². The number of carbonyl (C=O) groups excluding carboxylic acids is 1. The first-order valence-electron chi connectivity index (χ1n) is 11.5. The molecule has 0 spiro atoms. The van der Waals surface area contributed by atoms with Crippen molar-refractivity contribution in [1.82, 2.24) is 14.9 Å². The molecule has 0 saturated carbocycles. The average molecular weight is 420 g/mol. The number of hydrazine groups is 1. The van der Waals surface area contributed by atoms with Gasteiger partial charge in [0.25, 0.3) is 0 Å². The van der Waals surface area contributed by atoms with Gasteiger partial charge in [-0.15, -0.1) is 0 Å². The van der Waals surface area contributed by atoms with E-state index in [0.29, 0.717) is 13.2 Å². The van der Waals surface area contributed by atoms with Gasteiger partial charge in [0.15, 0.2) is 0 Å². The van der Waals surface area contributed by atoms with Crippen molar-refractivity contribution < 1.29 is 14.3 Å². The quantitative estimate of drug-likeness (QED) is 0.448. The van der Waals surface area contributed by atoms with Crippen molar-refractivity contribution in [2.45, 2.75) is 64.0 Å². The van der Waals surface area contributed by atoms with Crippen LogP contribution in [-0.4, -0.2) is 80.6 Å². The molecule has 0 N–H and O–H groups in total. The van der Waals surface area contributed by atoms with E-state index in [4.69, 9.17) is 9.47 Å². The second kappa shape index (κ2) is 13.6. The third-order valence-electron chi connectivity index (χ3n) is 5.82. The van der Waals surface area contributed by atoms with Crippen molar-refractivity contribution >= 4 is 6.09 Å². The Bertz CT molecular complexity index is 597. The van der Waals surface area contributed by atoms with E-state index in [2.05, 4.69) is 55.2 Å². The van der Waals surface area contributed by atoms with Crippen molar-refractivity contribution in [1.29, 1.82) is 0 Å². The second-order valence-corrected chi connectivity index (χ2v) is 8.47. The Kier molecular flexibility index (Phi) is 11.2. The Morgan fingerprint density at radius 1 is 1.23 bits per heavy atom. The summed E-state index contributed by atoms with van der Waals surface area (Å²) in [5.41, 5.74) is 1.31. The molecule has 1 aromatic rings. The van der Waals surface area contributed by atoms with E-state index in [-0.39, 0.29) is 18.2 Å². The smallest absolute Gasteiger partial charge is 0.424 e. The highest BCUT2D eigenvalue weighted by Gasteiger charge is 2.37. The number of benzene rings is 1. The molecule has 30 heavy (non-hydrogen) atoms. The van der Waals surface area contributed by atoms with E-state index in [1.54, 1.807) is 0 Å². The fraction of sp³-hybridized carbons (Fsp3) is 0.708. The largest absolute Gasteiger partial charge is 0.452 e. The van der Waals surface area contributed by atoms with Crippen LogP contribution in [0.5, 0.6) is 0 Å². The lowest BCUT2D eigenvalue weighted by molar-refractivity contribution is -0.0765. The highest BCUT2D eigenvalue weighted by atomic mass is 16.5. The molecule has 0 radical (unpaired) electrons. The topological polar surface area (TPSA) is 45.3 Å². The molecule has 1 aliphatic rings. The lowest BCUT2D eigenvalue weighted by Crippen LogP contribution is -2.55. The number of carbonyl (C=O) groups is 1. The van der Waals surface area contributed by atoms with Gasteiger partial charge >= 0.3 is 6.09 Å². The number of nitrogens with zero attached hydrogens (tertiary/aromatic N) is 3. The van der Waals surface area contributed by atoms with E-state index in [0.717, 1.165) is 58.0 Å². The highest BCUT2D eigenvalue weighted by Crippen LogP contribution is 2.26. The normalized spacial score (nSPS) is 18.0. The molecule has 1 amide bonds. The van der Waals surface area contributed by atoms with Crippen molar-refractivity contribution in [3.8, 4) is 0 Å². The number of hydrogen-bond donors (Lipinski definition) is 0. The van der Waals surface area contributed by atoms with Gasteiger partial charge in [0.1, 0.15) is 0 Å². The van der Waals surface area contributed by atoms with Crippen LogP contribution in [0.25, 0.3) is 0 Å². The fourth-order valence-corrected chi connectivity index (χ4v) is 4.10. The van der Waals surface area contributed by atoms with Gasteiger partial charge in [-0.05, 0) is 51.8 Å². The van der Waals surface area contributed by atoms with E-state index in [9.17, 15) is 4.79 Å². The number of amides is 1. The molecule has 2 atom stereocenters. The van der Waals surface area contributed by atoms with Crippen molar-refractivity contribution in [2.75, 3.05) is 47.5 Å². The molecular weight excluding hydrogens is 378 g/mol. The van der Waals surface area contributed by atoms with Crippen molar-refractivity contribution in [2.24, 2.45) is 0 Å². The number of methoxy groups -OCH3 is 1. The highest BCUT2D eigenvalue weighted by molar-refractivity contribution is 5.67. The van der Waals surface area contributed by atoms with Gasteiger partial charge < -0.3 is 14.4 Å². The van der Waals surface area contributed by atoms with Gasteiger partial charge in [0.2, 0.25) is 0 Å². The number of likely N-dealkylation sites (N-methyl/N-ethyl adjacent to an activating group) is 1. The zero-order valence-electron chi connectivity index (χ0n) is 19.4. The number of rotatable bonds is 13. The van der Waals surface area contributed by atoms with Crippen LogP contribution in [0.3, 0.4) is 0 Å². The van der Waals surface area contributed by atoms with E-state index in [1.165, 1.54) is 12.7 Å². The van der Waals surface area contributed by atoms with Gasteiger partial charge in [-0.3, -0.25) is 0 Å². The molecule has 0 aliphatic carbocycles. The maximum Gasteiger partial charge on any atom is 0.424 e. The molecule has 2 rings (SSSR count). The van der Waals surface area contributed by atoms with Gasteiger partial charge in [-0.1, -0.05) is 50.1 Å². The van der Waals surface area contributed by atoms with E-state index >= 15 is 0 Å². The number of unbranched alkanes of at least 4 members (excludes halogenated alkanes) is 1. The minimum atomic E-state index is -0.246. The number of hydrogen-bond acceptors (Lipinski definition) is 5. The van der Waals surface area contributed by atoms with Crippen molar-refractivity contribution in [3.05, 3.63) is 35.9 Å². The number of aryl methyl sites for hydroxylation is 1. The van der Waals surface area contributed by atoms with E-state index < -0.39 is 0 Å². The summed E-state index contributed by atoms with van der Waals surface area (Å²) < 4.78 is 11.2. The van der Waals surface area contributed by atoms with Crippen LogP contribution >= 0.6 is 0 Å². The van der Waals surface area contributed by atoms with Crippen LogP contribution in [0, 0.1) is 0 Å². The number of ether oxygens (including phenoxy) is 2. The molecule has 0 aromatic heterocycles. The predicted molar refractivity (Wildman–Crippen MR) is 121 cm³/mol. The summed E-state index contributed by atoms with van der Waals surface area (Å²) in [5.74, 6) is 0.